The van der Waals surface area contributed by atoms with E-state index in [1.54, 1.807) is 0 Å². The van der Waals surface area contributed by atoms with E-state index in [9.17, 15) is 9.90 Å². The van der Waals surface area contributed by atoms with E-state index in [1.165, 1.54) is 12.8 Å². The van der Waals surface area contributed by atoms with Crippen LogP contribution in [-0.2, 0) is 11.3 Å². The highest BCUT2D eigenvalue weighted by molar-refractivity contribution is 5.75. The Kier molecular flexibility index (Phi) is 4.12. The normalized spacial score (nSPS) is 27.0. The molecule has 1 N–H and O–H groups in total. The number of aliphatic carboxylic acids is 1. The second-order valence-electron chi connectivity index (χ2n) is 7.53. The summed E-state index contributed by atoms with van der Waals surface area (Å²) in [6.45, 7) is 3.59. The molecule has 2 fully saturated rings. The molecular weight excluding hydrogens is 306 g/mol. The molecule has 0 amide bonds. The Bertz CT molecular complexity index is 628. The molecule has 5 nitrogen and oxygen atoms in total. The van der Waals surface area contributed by atoms with E-state index in [2.05, 4.69) is 11.0 Å². The van der Waals surface area contributed by atoms with Crippen LogP contribution in [-0.4, -0.2) is 42.3 Å². The van der Waals surface area contributed by atoms with Crippen LogP contribution in [0.4, 0.5) is 0 Å². The number of fused-ring (bicyclic) bond motifs is 1. The third-order valence-electron chi connectivity index (χ3n) is 5.50. The monoisotopic (exact) mass is 331 g/mol. The SMILES string of the molecule is O=C(O)C1(CC2CC2)CCCN(Cc2ccc3c(c2)OCCO3)C1. The van der Waals surface area contributed by atoms with Gasteiger partial charge in [-0.3, -0.25) is 9.69 Å². The number of benzene rings is 1. The molecule has 4 rings (SSSR count). The number of carboxylic acid groups (broad SMARTS) is 1. The number of rotatable bonds is 5. The third kappa shape index (κ3) is 3.22. The van der Waals surface area contributed by atoms with E-state index in [-0.39, 0.29) is 0 Å². The first-order chi connectivity index (χ1) is 11.6. The van der Waals surface area contributed by atoms with Crippen LogP contribution in [0.5, 0.6) is 11.5 Å². The number of piperidine rings is 1. The summed E-state index contributed by atoms with van der Waals surface area (Å²) in [5.74, 6) is 1.63. The predicted octanol–water partition coefficient (Wildman–Crippen LogP) is 2.92. The van der Waals surface area contributed by atoms with Gasteiger partial charge in [0.15, 0.2) is 11.5 Å². The van der Waals surface area contributed by atoms with Gasteiger partial charge < -0.3 is 14.6 Å². The van der Waals surface area contributed by atoms with Gasteiger partial charge in [0.05, 0.1) is 5.41 Å². The van der Waals surface area contributed by atoms with E-state index in [0.29, 0.717) is 25.7 Å². The summed E-state index contributed by atoms with van der Waals surface area (Å²) in [5.41, 5.74) is 0.611. The standard InChI is InChI=1S/C19H25NO4/c21-18(22)19(11-14-2-3-14)6-1-7-20(13-19)12-15-4-5-16-17(10-15)24-9-8-23-16/h4-5,10,14H,1-3,6-9,11-13H2,(H,21,22). The predicted molar refractivity (Wildman–Crippen MR) is 89.4 cm³/mol. The van der Waals surface area contributed by atoms with Crippen LogP contribution in [0.1, 0.15) is 37.7 Å². The van der Waals surface area contributed by atoms with Gasteiger partial charge >= 0.3 is 5.97 Å². The summed E-state index contributed by atoms with van der Waals surface area (Å²) in [7, 11) is 0. The number of hydrogen-bond acceptors (Lipinski definition) is 4. The van der Waals surface area contributed by atoms with Crippen molar-refractivity contribution in [1.82, 2.24) is 4.90 Å². The zero-order chi connectivity index (χ0) is 16.6. The second kappa shape index (κ2) is 6.28. The van der Waals surface area contributed by atoms with Crippen molar-refractivity contribution in [3.05, 3.63) is 23.8 Å². The van der Waals surface area contributed by atoms with Crippen molar-refractivity contribution in [2.45, 2.75) is 38.6 Å². The molecule has 0 radical (unpaired) electrons. The lowest BCUT2D eigenvalue weighted by atomic mass is 9.75. The van der Waals surface area contributed by atoms with Crippen molar-refractivity contribution in [3.8, 4) is 11.5 Å². The van der Waals surface area contributed by atoms with Crippen LogP contribution < -0.4 is 9.47 Å². The topological polar surface area (TPSA) is 59.0 Å². The maximum Gasteiger partial charge on any atom is 0.310 e. The number of carbonyl (C=O) groups is 1. The molecule has 24 heavy (non-hydrogen) atoms. The minimum Gasteiger partial charge on any atom is -0.486 e. The van der Waals surface area contributed by atoms with Crippen LogP contribution in [0.2, 0.25) is 0 Å². The fourth-order valence-corrected chi connectivity index (χ4v) is 4.11. The average molecular weight is 331 g/mol. The lowest BCUT2D eigenvalue weighted by molar-refractivity contribution is -0.153. The fraction of sp³-hybridized carbons (Fsp3) is 0.632. The molecule has 2 heterocycles. The number of nitrogens with zero attached hydrogens (tertiary/aromatic N) is 1. The molecule has 1 unspecified atom stereocenters. The van der Waals surface area contributed by atoms with Crippen molar-refractivity contribution in [2.24, 2.45) is 11.3 Å². The fourth-order valence-electron chi connectivity index (χ4n) is 4.11. The smallest absolute Gasteiger partial charge is 0.310 e. The first-order valence-electron chi connectivity index (χ1n) is 8.99. The van der Waals surface area contributed by atoms with Gasteiger partial charge in [0.1, 0.15) is 13.2 Å². The van der Waals surface area contributed by atoms with E-state index < -0.39 is 11.4 Å². The van der Waals surface area contributed by atoms with Gasteiger partial charge in [0.25, 0.3) is 0 Å². The molecule has 1 aromatic carbocycles. The maximum atomic E-state index is 12.0. The van der Waals surface area contributed by atoms with Crippen molar-refractivity contribution < 1.29 is 19.4 Å². The minimum atomic E-state index is -0.610. The Morgan fingerprint density at radius 1 is 1.25 bits per heavy atom. The Hall–Kier alpha value is -1.75. The molecule has 1 saturated heterocycles. The highest BCUT2D eigenvalue weighted by Crippen LogP contribution is 2.45. The summed E-state index contributed by atoms with van der Waals surface area (Å²) in [6, 6.07) is 6.06. The van der Waals surface area contributed by atoms with E-state index in [0.717, 1.165) is 49.4 Å². The molecule has 0 bridgehead atoms. The first-order valence-corrected chi connectivity index (χ1v) is 8.99. The summed E-state index contributed by atoms with van der Waals surface area (Å²) in [4.78, 5) is 14.3. The molecule has 3 aliphatic rings. The first kappa shape index (κ1) is 15.8. The summed E-state index contributed by atoms with van der Waals surface area (Å²) in [6.07, 6.45) is 5.04. The lowest BCUT2D eigenvalue weighted by Crippen LogP contribution is -2.47. The molecule has 1 saturated carbocycles. The molecule has 130 valence electrons. The zero-order valence-electron chi connectivity index (χ0n) is 14.0. The van der Waals surface area contributed by atoms with Gasteiger partial charge in [0, 0.05) is 13.1 Å². The van der Waals surface area contributed by atoms with E-state index in [4.69, 9.17) is 9.47 Å². The van der Waals surface area contributed by atoms with Gasteiger partial charge in [-0.25, -0.2) is 0 Å². The van der Waals surface area contributed by atoms with E-state index >= 15 is 0 Å². The lowest BCUT2D eigenvalue weighted by Gasteiger charge is -2.40. The Morgan fingerprint density at radius 3 is 2.79 bits per heavy atom. The van der Waals surface area contributed by atoms with Gasteiger partial charge in [-0.15, -0.1) is 0 Å². The van der Waals surface area contributed by atoms with Gasteiger partial charge in [-0.05, 0) is 49.4 Å². The number of carboxylic acids is 1. The molecule has 1 aliphatic carbocycles. The molecule has 1 atom stereocenters. The number of likely N-dealkylation sites (tertiary alicyclic amines) is 1. The van der Waals surface area contributed by atoms with Gasteiger partial charge in [-0.1, -0.05) is 18.9 Å². The van der Waals surface area contributed by atoms with Crippen LogP contribution in [0.3, 0.4) is 0 Å². The molecule has 0 aromatic heterocycles. The molecule has 5 heteroatoms. The molecule has 1 aromatic rings. The second-order valence-corrected chi connectivity index (χ2v) is 7.53. The number of hydrogen-bond donors (Lipinski definition) is 1. The van der Waals surface area contributed by atoms with Crippen molar-refractivity contribution >= 4 is 5.97 Å². The molecule has 2 aliphatic heterocycles. The van der Waals surface area contributed by atoms with Crippen LogP contribution >= 0.6 is 0 Å². The zero-order valence-corrected chi connectivity index (χ0v) is 14.0. The van der Waals surface area contributed by atoms with Gasteiger partial charge in [-0.2, -0.15) is 0 Å². The quantitative estimate of drug-likeness (QED) is 0.899. The van der Waals surface area contributed by atoms with Gasteiger partial charge in [0.2, 0.25) is 0 Å². The van der Waals surface area contributed by atoms with Crippen LogP contribution in [0.25, 0.3) is 0 Å². The van der Waals surface area contributed by atoms with Crippen LogP contribution in [0, 0.1) is 11.3 Å². The largest absolute Gasteiger partial charge is 0.486 e. The third-order valence-corrected chi connectivity index (χ3v) is 5.50. The summed E-state index contributed by atoms with van der Waals surface area (Å²) >= 11 is 0. The van der Waals surface area contributed by atoms with Crippen molar-refractivity contribution in [1.29, 1.82) is 0 Å². The molecular formula is C19H25NO4. The molecule has 0 spiro atoms. The van der Waals surface area contributed by atoms with Crippen molar-refractivity contribution in [2.75, 3.05) is 26.3 Å². The van der Waals surface area contributed by atoms with Crippen LogP contribution in [0.15, 0.2) is 18.2 Å². The Balaban J connectivity index is 1.46. The van der Waals surface area contributed by atoms with E-state index in [1.807, 2.05) is 12.1 Å². The Morgan fingerprint density at radius 2 is 2.04 bits per heavy atom. The maximum absolute atomic E-state index is 12.0. The summed E-state index contributed by atoms with van der Waals surface area (Å²) < 4.78 is 11.2. The average Bonchev–Trinajstić information content (AvgIpc) is 3.39. The Labute approximate surface area is 142 Å². The van der Waals surface area contributed by atoms with Crippen molar-refractivity contribution in [3.63, 3.8) is 0 Å². The highest BCUT2D eigenvalue weighted by Gasteiger charge is 2.45. The minimum absolute atomic E-state index is 0.548. The highest BCUT2D eigenvalue weighted by atomic mass is 16.6. The number of ether oxygens (including phenoxy) is 2. The summed E-state index contributed by atoms with van der Waals surface area (Å²) in [5, 5.41) is 9.84.